The fraction of sp³-hybridized carbons (Fsp3) is 0.500. The molecule has 0 aliphatic carbocycles. The molecule has 0 aromatic rings. The predicted molar refractivity (Wildman–Crippen MR) is 20.8 cm³/mol. The Morgan fingerprint density at radius 1 is 1.80 bits per heavy atom. The predicted octanol–water partition coefficient (Wildman–Crippen LogP) is 1.53. The Hall–Kier alpha value is -0.330. The minimum Gasteiger partial charge on any atom is -0.247 e. The van der Waals surface area contributed by atoms with Crippen LogP contribution in [-0.2, 0) is 0 Å². The molecule has 0 heterocycles. The van der Waals surface area contributed by atoms with Crippen LogP contribution < -0.4 is 0 Å². The molecule has 0 nitrogen and oxygen atoms in total. The number of halogens is 1. The summed E-state index contributed by atoms with van der Waals surface area (Å²) in [6.45, 7) is 1.45. The second kappa shape index (κ2) is 3.67. The van der Waals surface area contributed by atoms with Gasteiger partial charge in [0.25, 0.3) is 0 Å². The van der Waals surface area contributed by atoms with E-state index < -0.39 is 0 Å². The molecule has 0 amide bonds. The first kappa shape index (κ1) is 4.67. The van der Waals surface area contributed by atoms with Gasteiger partial charge in [0, 0.05) is 0 Å². The van der Waals surface area contributed by atoms with Gasteiger partial charge in [0.2, 0.25) is 0 Å². The van der Waals surface area contributed by atoms with E-state index in [4.69, 9.17) is 0 Å². The third kappa shape index (κ3) is 3.67. The van der Waals surface area contributed by atoms with Crippen molar-refractivity contribution >= 4 is 0 Å². The summed E-state index contributed by atoms with van der Waals surface area (Å²) in [7, 11) is 0. The van der Waals surface area contributed by atoms with Gasteiger partial charge in [-0.25, -0.2) is 4.39 Å². The van der Waals surface area contributed by atoms with Gasteiger partial charge in [-0.2, -0.15) is 0 Å². The van der Waals surface area contributed by atoms with Crippen molar-refractivity contribution in [3.63, 3.8) is 0 Å². The molecule has 30 valence electrons. The van der Waals surface area contributed by atoms with Crippen molar-refractivity contribution in [2.45, 2.75) is 6.92 Å². The van der Waals surface area contributed by atoms with Gasteiger partial charge < -0.3 is 0 Å². The Morgan fingerprint density at radius 3 is 2.40 bits per heavy atom. The van der Waals surface area contributed by atoms with E-state index in [9.17, 15) is 4.39 Å². The van der Waals surface area contributed by atoms with Crippen LogP contribution in [0.3, 0.4) is 0 Å². The molecule has 0 saturated heterocycles. The van der Waals surface area contributed by atoms with E-state index in [2.05, 4.69) is 0 Å². The summed E-state index contributed by atoms with van der Waals surface area (Å²) in [6.07, 6.45) is 3.14. The Bertz CT molecular complexity index is 30.6. The Kier molecular flexibility index (Phi) is 3.43. The monoisotopic (exact) mass is 74.1 g/mol. The molecule has 0 aromatic carbocycles. The van der Waals surface area contributed by atoms with Crippen LogP contribution in [0.4, 0.5) is 4.39 Å². The molecule has 0 unspecified atom stereocenters. The van der Waals surface area contributed by atoms with Crippen LogP contribution in [0.15, 0.2) is 12.2 Å². The highest BCUT2D eigenvalue weighted by Crippen LogP contribution is 1.67. The lowest BCUT2D eigenvalue weighted by molar-refractivity contribution is 0.561. The zero-order valence-corrected chi connectivity index (χ0v) is 3.24. The van der Waals surface area contributed by atoms with Crippen LogP contribution in [0.25, 0.3) is 0 Å². The molecule has 0 spiro atoms. The summed E-state index contributed by atoms with van der Waals surface area (Å²) in [5.74, 6) is 0. The molecule has 0 radical (unpaired) electrons. The van der Waals surface area contributed by atoms with Crippen LogP contribution >= 0.6 is 0 Å². The average molecular weight is 74.1 g/mol. The normalized spacial score (nSPS) is 10.0. The van der Waals surface area contributed by atoms with E-state index in [1.54, 1.807) is 13.0 Å². The highest BCUT2D eigenvalue weighted by Gasteiger charge is 1.56. The van der Waals surface area contributed by atoms with E-state index in [0.29, 0.717) is 0 Å². The summed E-state index contributed by atoms with van der Waals surface area (Å²) in [5.41, 5.74) is 0. The molecule has 0 aliphatic rings. The molecular formula is C4H7F. The molecular weight excluding hydrogens is 67.0 g/mol. The topological polar surface area (TPSA) is 0 Å². The molecule has 0 saturated carbocycles. The van der Waals surface area contributed by atoms with Crippen LogP contribution in [0.1, 0.15) is 6.92 Å². The van der Waals surface area contributed by atoms with Crippen molar-refractivity contribution in [2.24, 2.45) is 0 Å². The quantitative estimate of drug-likeness (QED) is 0.414. The van der Waals surface area contributed by atoms with Gasteiger partial charge in [0.1, 0.15) is 6.67 Å². The van der Waals surface area contributed by atoms with Crippen LogP contribution in [0, 0.1) is 0 Å². The first-order valence-corrected chi connectivity index (χ1v) is 1.59. The molecule has 0 bridgehead atoms. The first-order valence-electron chi connectivity index (χ1n) is 1.59. The molecule has 5 heavy (non-hydrogen) atoms. The highest BCUT2D eigenvalue weighted by atomic mass is 19.1. The van der Waals surface area contributed by atoms with E-state index >= 15 is 0 Å². The van der Waals surface area contributed by atoms with E-state index in [1.807, 2.05) is 0 Å². The van der Waals surface area contributed by atoms with Crippen molar-refractivity contribution in [1.82, 2.24) is 0 Å². The van der Waals surface area contributed by atoms with Crippen molar-refractivity contribution in [3.8, 4) is 0 Å². The zero-order valence-electron chi connectivity index (χ0n) is 3.24. The first-order chi connectivity index (χ1) is 2.41. The number of hydrogen-bond acceptors (Lipinski definition) is 0. The smallest absolute Gasteiger partial charge is 0.108 e. The maximum atomic E-state index is 10.9. The molecule has 0 aliphatic heterocycles. The van der Waals surface area contributed by atoms with Gasteiger partial charge in [0.05, 0.1) is 0 Å². The van der Waals surface area contributed by atoms with Crippen molar-refractivity contribution in [1.29, 1.82) is 0 Å². The standard InChI is InChI=1S/C4H7F/c1-2-3-4-5/h2-3H,4H2,1H3/b3-2-. The van der Waals surface area contributed by atoms with Crippen LogP contribution in [-0.4, -0.2) is 6.67 Å². The maximum absolute atomic E-state index is 10.9. The number of hydrogen-bond donors (Lipinski definition) is 0. The van der Waals surface area contributed by atoms with Gasteiger partial charge in [-0.05, 0) is 6.92 Å². The molecule has 0 atom stereocenters. The third-order valence-corrected chi connectivity index (χ3v) is 0.325. The Labute approximate surface area is 31.3 Å². The summed E-state index contributed by atoms with van der Waals surface area (Å²) >= 11 is 0. The van der Waals surface area contributed by atoms with Gasteiger partial charge in [-0.1, -0.05) is 12.2 Å². The summed E-state index contributed by atoms with van der Waals surface area (Å²) in [4.78, 5) is 0. The second-order valence-corrected chi connectivity index (χ2v) is 0.723. The van der Waals surface area contributed by atoms with E-state index in [-0.39, 0.29) is 6.67 Å². The minimum atomic E-state index is -0.337. The fourth-order valence-electron chi connectivity index (χ4n) is 0.0891. The summed E-state index contributed by atoms with van der Waals surface area (Å²) < 4.78 is 10.9. The molecule has 1 heteroatoms. The van der Waals surface area contributed by atoms with Crippen molar-refractivity contribution in [3.05, 3.63) is 12.2 Å². The van der Waals surface area contributed by atoms with Crippen LogP contribution in [0.2, 0.25) is 0 Å². The zero-order chi connectivity index (χ0) is 4.12. The van der Waals surface area contributed by atoms with Crippen LogP contribution in [0.5, 0.6) is 0 Å². The lowest BCUT2D eigenvalue weighted by Gasteiger charge is -1.62. The summed E-state index contributed by atoms with van der Waals surface area (Å²) in [5, 5.41) is 0. The SMILES string of the molecule is C/C=C\CF. The van der Waals surface area contributed by atoms with Gasteiger partial charge in [0.15, 0.2) is 0 Å². The van der Waals surface area contributed by atoms with Crippen molar-refractivity contribution < 1.29 is 4.39 Å². The van der Waals surface area contributed by atoms with E-state index in [1.165, 1.54) is 6.08 Å². The third-order valence-electron chi connectivity index (χ3n) is 0.325. The lowest BCUT2D eigenvalue weighted by atomic mass is 10.6. The lowest BCUT2D eigenvalue weighted by Crippen LogP contribution is -1.53. The average Bonchev–Trinajstić information content (AvgIpc) is 1.41. The minimum absolute atomic E-state index is 0.337. The van der Waals surface area contributed by atoms with Gasteiger partial charge in [-0.15, -0.1) is 0 Å². The maximum Gasteiger partial charge on any atom is 0.108 e. The van der Waals surface area contributed by atoms with Crippen molar-refractivity contribution in [2.75, 3.05) is 6.67 Å². The highest BCUT2D eigenvalue weighted by molar-refractivity contribution is 4.74. The summed E-state index contributed by atoms with van der Waals surface area (Å²) in [6, 6.07) is 0. The van der Waals surface area contributed by atoms with E-state index in [0.717, 1.165) is 0 Å². The largest absolute Gasteiger partial charge is 0.247 e. The molecule has 0 N–H and O–H groups in total. The van der Waals surface area contributed by atoms with Gasteiger partial charge in [-0.3, -0.25) is 0 Å². The second-order valence-electron chi connectivity index (χ2n) is 0.723. The van der Waals surface area contributed by atoms with Gasteiger partial charge >= 0.3 is 0 Å². The number of allylic oxidation sites excluding steroid dienone is 2. The molecule has 0 fully saturated rings. The molecule has 0 aromatic heterocycles. The number of rotatable bonds is 1. The molecule has 0 rings (SSSR count). The Morgan fingerprint density at radius 2 is 2.40 bits per heavy atom. The fourth-order valence-corrected chi connectivity index (χ4v) is 0.0891. The Balaban J connectivity index is 2.62. The number of alkyl halides is 1.